The number of nitrogens with zero attached hydrogens (tertiary/aromatic N) is 1. The van der Waals surface area contributed by atoms with Crippen LogP contribution in [0.15, 0.2) is 4.99 Å². The van der Waals surface area contributed by atoms with Gasteiger partial charge in [-0.2, -0.15) is 0 Å². The van der Waals surface area contributed by atoms with Crippen LogP contribution in [-0.4, -0.2) is 50.8 Å². The standard InChI is InChI=1S/C18H36N4O2.HI/c1-3-5-13-24-14-9-12-20-18(19-4-2)21-15-17(23)22-16-10-7-6-8-11-16;/h16H,3-15H2,1-2H3,(H,22,23)(H2,19,20,21);1H. The first-order chi connectivity index (χ1) is 11.8. The van der Waals surface area contributed by atoms with Gasteiger partial charge in [0.2, 0.25) is 5.91 Å². The molecule has 7 heteroatoms. The molecule has 148 valence electrons. The van der Waals surface area contributed by atoms with Crippen LogP contribution < -0.4 is 16.0 Å². The number of unbranched alkanes of at least 4 members (excludes halogenated alkanes) is 1. The lowest BCUT2D eigenvalue weighted by atomic mass is 9.95. The van der Waals surface area contributed by atoms with Gasteiger partial charge in [0.25, 0.3) is 0 Å². The minimum atomic E-state index is 0. The molecule has 3 N–H and O–H groups in total. The Bertz CT molecular complexity index is 361. The lowest BCUT2D eigenvalue weighted by molar-refractivity contribution is -0.120. The summed E-state index contributed by atoms with van der Waals surface area (Å²) < 4.78 is 5.53. The first-order valence-electron chi connectivity index (χ1n) is 9.65. The third kappa shape index (κ3) is 13.3. The summed E-state index contributed by atoms with van der Waals surface area (Å²) in [6.07, 6.45) is 9.16. The van der Waals surface area contributed by atoms with Gasteiger partial charge in [-0.15, -0.1) is 24.0 Å². The van der Waals surface area contributed by atoms with Crippen molar-refractivity contribution in [3.05, 3.63) is 0 Å². The molecule has 0 radical (unpaired) electrons. The molecule has 1 aliphatic rings. The fourth-order valence-electron chi connectivity index (χ4n) is 2.74. The molecule has 0 aromatic carbocycles. The van der Waals surface area contributed by atoms with Gasteiger partial charge in [0.15, 0.2) is 5.96 Å². The highest BCUT2D eigenvalue weighted by Gasteiger charge is 2.15. The number of halogens is 1. The van der Waals surface area contributed by atoms with Crippen LogP contribution in [0.2, 0.25) is 0 Å². The maximum Gasteiger partial charge on any atom is 0.242 e. The zero-order valence-electron chi connectivity index (χ0n) is 15.9. The van der Waals surface area contributed by atoms with Crippen LogP contribution in [0.3, 0.4) is 0 Å². The summed E-state index contributed by atoms with van der Waals surface area (Å²) in [5.41, 5.74) is 0. The maximum atomic E-state index is 12.0. The fraction of sp³-hybridized carbons (Fsp3) is 0.889. The smallest absolute Gasteiger partial charge is 0.242 e. The van der Waals surface area contributed by atoms with Crippen LogP contribution in [0.25, 0.3) is 0 Å². The molecule has 1 fully saturated rings. The van der Waals surface area contributed by atoms with Crippen molar-refractivity contribution in [3.63, 3.8) is 0 Å². The number of carbonyl (C=O) groups is 1. The van der Waals surface area contributed by atoms with Gasteiger partial charge in [-0.05, 0) is 32.6 Å². The van der Waals surface area contributed by atoms with Crippen molar-refractivity contribution in [2.45, 2.75) is 71.3 Å². The quantitative estimate of drug-likeness (QED) is 0.189. The topological polar surface area (TPSA) is 74.8 Å². The summed E-state index contributed by atoms with van der Waals surface area (Å²) in [7, 11) is 0. The van der Waals surface area contributed by atoms with Gasteiger partial charge < -0.3 is 20.7 Å². The number of aliphatic imine (C=N–C) groups is 1. The van der Waals surface area contributed by atoms with Crippen LogP contribution in [0.1, 0.15) is 65.2 Å². The van der Waals surface area contributed by atoms with Crippen molar-refractivity contribution in [3.8, 4) is 0 Å². The van der Waals surface area contributed by atoms with Crippen molar-refractivity contribution in [1.29, 1.82) is 0 Å². The van der Waals surface area contributed by atoms with Crippen LogP contribution >= 0.6 is 24.0 Å². The van der Waals surface area contributed by atoms with Crippen molar-refractivity contribution >= 4 is 35.8 Å². The van der Waals surface area contributed by atoms with E-state index in [1.165, 1.54) is 25.7 Å². The van der Waals surface area contributed by atoms with E-state index in [9.17, 15) is 4.79 Å². The molecule has 1 saturated carbocycles. The lowest BCUT2D eigenvalue weighted by Crippen LogP contribution is -2.41. The zero-order chi connectivity index (χ0) is 17.5. The first kappa shape index (κ1) is 24.4. The number of nitrogens with one attached hydrogen (secondary N) is 3. The second-order valence-electron chi connectivity index (χ2n) is 6.34. The Hall–Kier alpha value is -0.570. The summed E-state index contributed by atoms with van der Waals surface area (Å²) in [6, 6.07) is 0.345. The average molecular weight is 468 g/mol. The Morgan fingerprint density at radius 3 is 2.48 bits per heavy atom. The molecule has 0 aliphatic heterocycles. The number of rotatable bonds is 11. The number of hydrogen-bond donors (Lipinski definition) is 3. The molecule has 0 aromatic heterocycles. The van der Waals surface area contributed by atoms with Crippen LogP contribution in [0.5, 0.6) is 0 Å². The Kier molecular flexibility index (Phi) is 16.5. The highest BCUT2D eigenvalue weighted by Crippen LogP contribution is 2.17. The summed E-state index contributed by atoms with van der Waals surface area (Å²) >= 11 is 0. The second-order valence-corrected chi connectivity index (χ2v) is 6.34. The lowest BCUT2D eigenvalue weighted by Gasteiger charge is -2.22. The molecular formula is C18H37IN4O2. The van der Waals surface area contributed by atoms with Gasteiger partial charge in [-0.1, -0.05) is 32.6 Å². The van der Waals surface area contributed by atoms with Crippen molar-refractivity contribution in [1.82, 2.24) is 16.0 Å². The molecule has 0 unspecified atom stereocenters. The highest BCUT2D eigenvalue weighted by atomic mass is 127. The van der Waals surface area contributed by atoms with E-state index in [0.717, 1.165) is 52.0 Å². The van der Waals surface area contributed by atoms with E-state index in [4.69, 9.17) is 4.74 Å². The average Bonchev–Trinajstić information content (AvgIpc) is 2.59. The van der Waals surface area contributed by atoms with Gasteiger partial charge in [-0.25, -0.2) is 4.99 Å². The number of ether oxygens (including phenoxy) is 1. The number of carbonyl (C=O) groups excluding carboxylic acids is 1. The van der Waals surface area contributed by atoms with E-state index in [-0.39, 0.29) is 36.4 Å². The first-order valence-corrected chi connectivity index (χ1v) is 9.65. The molecule has 1 rings (SSSR count). The molecule has 0 heterocycles. The van der Waals surface area contributed by atoms with Gasteiger partial charge in [0, 0.05) is 32.3 Å². The minimum Gasteiger partial charge on any atom is -0.381 e. The molecular weight excluding hydrogens is 431 g/mol. The van der Waals surface area contributed by atoms with E-state index in [1.54, 1.807) is 0 Å². The normalized spacial score (nSPS) is 15.4. The van der Waals surface area contributed by atoms with Crippen molar-refractivity contribution in [2.75, 3.05) is 32.8 Å². The Morgan fingerprint density at radius 1 is 1.08 bits per heavy atom. The molecule has 0 bridgehead atoms. The van der Waals surface area contributed by atoms with E-state index in [1.807, 2.05) is 6.92 Å². The Labute approximate surface area is 170 Å². The molecule has 1 amide bonds. The molecule has 0 spiro atoms. The van der Waals surface area contributed by atoms with Crippen LogP contribution in [-0.2, 0) is 9.53 Å². The molecule has 6 nitrogen and oxygen atoms in total. The van der Waals surface area contributed by atoms with E-state index >= 15 is 0 Å². The Morgan fingerprint density at radius 2 is 1.80 bits per heavy atom. The van der Waals surface area contributed by atoms with Crippen LogP contribution in [0, 0.1) is 0 Å². The van der Waals surface area contributed by atoms with Gasteiger partial charge in [-0.3, -0.25) is 4.79 Å². The summed E-state index contributed by atoms with van der Waals surface area (Å²) in [5, 5.41) is 9.51. The van der Waals surface area contributed by atoms with Crippen molar-refractivity contribution < 1.29 is 9.53 Å². The Balaban J connectivity index is 0.00000576. The summed E-state index contributed by atoms with van der Waals surface area (Å²) in [4.78, 5) is 16.4. The largest absolute Gasteiger partial charge is 0.381 e. The van der Waals surface area contributed by atoms with Gasteiger partial charge in [0.1, 0.15) is 6.54 Å². The SMILES string of the molecule is CCCCOCCCNC(=NCC(=O)NC1CCCCC1)NCC.I. The number of hydrogen-bond acceptors (Lipinski definition) is 3. The molecule has 0 aromatic rings. The van der Waals surface area contributed by atoms with E-state index in [0.29, 0.717) is 12.0 Å². The summed E-state index contributed by atoms with van der Waals surface area (Å²) in [5.74, 6) is 0.715. The molecule has 1 aliphatic carbocycles. The van der Waals surface area contributed by atoms with Gasteiger partial charge >= 0.3 is 0 Å². The third-order valence-corrected chi connectivity index (χ3v) is 4.10. The minimum absolute atomic E-state index is 0. The van der Waals surface area contributed by atoms with Crippen molar-refractivity contribution in [2.24, 2.45) is 4.99 Å². The monoisotopic (exact) mass is 468 g/mol. The summed E-state index contributed by atoms with van der Waals surface area (Å²) in [6.45, 7) is 7.53. The second kappa shape index (κ2) is 16.9. The predicted molar refractivity (Wildman–Crippen MR) is 115 cm³/mol. The number of guanidine groups is 1. The van der Waals surface area contributed by atoms with E-state index < -0.39 is 0 Å². The van der Waals surface area contributed by atoms with E-state index in [2.05, 4.69) is 27.9 Å². The molecule has 25 heavy (non-hydrogen) atoms. The van der Waals surface area contributed by atoms with Gasteiger partial charge in [0.05, 0.1) is 0 Å². The van der Waals surface area contributed by atoms with Crippen LogP contribution in [0.4, 0.5) is 0 Å². The molecule has 0 atom stereocenters. The predicted octanol–water partition coefficient (Wildman–Crippen LogP) is 2.82. The number of amides is 1. The zero-order valence-corrected chi connectivity index (χ0v) is 18.3. The molecule has 0 saturated heterocycles. The fourth-order valence-corrected chi connectivity index (χ4v) is 2.74. The third-order valence-electron chi connectivity index (χ3n) is 4.10. The highest BCUT2D eigenvalue weighted by molar-refractivity contribution is 14.0. The maximum absolute atomic E-state index is 12.0.